The lowest BCUT2D eigenvalue weighted by molar-refractivity contribution is 0.783. The van der Waals surface area contributed by atoms with Gasteiger partial charge in [0, 0.05) is 0 Å². The van der Waals surface area contributed by atoms with E-state index in [2.05, 4.69) is 41.4 Å². The van der Waals surface area contributed by atoms with Crippen molar-refractivity contribution in [3.63, 3.8) is 0 Å². The number of nitrogens with zero attached hydrogens (tertiary/aromatic N) is 2. The molecular formula is C14H21N3. The van der Waals surface area contributed by atoms with Crippen LogP contribution in [0.2, 0.25) is 0 Å². The highest BCUT2D eigenvalue weighted by Crippen LogP contribution is 2.20. The molecule has 1 aromatic carbocycles. The minimum atomic E-state index is 1.02. The lowest BCUT2D eigenvalue weighted by Crippen LogP contribution is -1.92. The third-order valence-corrected chi connectivity index (χ3v) is 3.18. The molecule has 2 rings (SSSR count). The number of fused-ring (bicyclic) bond motifs is 1. The number of aromatic amines is 1. The summed E-state index contributed by atoms with van der Waals surface area (Å²) in [6.45, 7) is 4.45. The molecule has 0 spiro atoms. The zero-order valence-electron chi connectivity index (χ0n) is 10.8. The summed E-state index contributed by atoms with van der Waals surface area (Å²) in [4.78, 5) is 0. The van der Waals surface area contributed by atoms with Crippen molar-refractivity contribution in [2.45, 2.75) is 52.4 Å². The number of nitrogens with one attached hydrogen (secondary N) is 1. The lowest BCUT2D eigenvalue weighted by Gasteiger charge is -2.05. The van der Waals surface area contributed by atoms with E-state index in [-0.39, 0.29) is 0 Å². The normalized spacial score (nSPS) is 11.2. The second-order valence-electron chi connectivity index (χ2n) is 4.65. The number of unbranched alkanes of at least 4 members (excludes halogenated alkanes) is 2. The van der Waals surface area contributed by atoms with E-state index >= 15 is 0 Å². The summed E-state index contributed by atoms with van der Waals surface area (Å²) in [5.41, 5.74) is 4.83. The fourth-order valence-electron chi connectivity index (χ4n) is 2.17. The summed E-state index contributed by atoms with van der Waals surface area (Å²) in [5.74, 6) is 0. The van der Waals surface area contributed by atoms with Crippen LogP contribution in [-0.4, -0.2) is 15.4 Å². The maximum atomic E-state index is 4.26. The van der Waals surface area contributed by atoms with Crippen LogP contribution in [0.15, 0.2) is 12.1 Å². The van der Waals surface area contributed by atoms with E-state index in [1.165, 1.54) is 36.8 Å². The minimum Gasteiger partial charge on any atom is -0.197 e. The van der Waals surface area contributed by atoms with Crippen molar-refractivity contribution in [2.75, 3.05) is 0 Å². The Morgan fingerprint density at radius 1 is 1.00 bits per heavy atom. The Morgan fingerprint density at radius 3 is 2.53 bits per heavy atom. The predicted octanol–water partition coefficient (Wildman–Crippen LogP) is 3.64. The second-order valence-corrected chi connectivity index (χ2v) is 4.65. The van der Waals surface area contributed by atoms with Crippen LogP contribution in [0.5, 0.6) is 0 Å². The van der Waals surface area contributed by atoms with Crippen LogP contribution in [0.25, 0.3) is 11.0 Å². The van der Waals surface area contributed by atoms with Gasteiger partial charge in [-0.1, -0.05) is 32.8 Å². The van der Waals surface area contributed by atoms with Crippen molar-refractivity contribution in [2.24, 2.45) is 0 Å². The van der Waals surface area contributed by atoms with E-state index in [1.54, 1.807) is 0 Å². The van der Waals surface area contributed by atoms with Gasteiger partial charge in [-0.25, -0.2) is 0 Å². The molecule has 0 aliphatic heterocycles. The van der Waals surface area contributed by atoms with Gasteiger partial charge in [0.25, 0.3) is 0 Å². The third kappa shape index (κ3) is 2.84. The Morgan fingerprint density at radius 2 is 1.76 bits per heavy atom. The van der Waals surface area contributed by atoms with E-state index in [0.29, 0.717) is 0 Å². The van der Waals surface area contributed by atoms with Crippen molar-refractivity contribution in [1.29, 1.82) is 0 Å². The van der Waals surface area contributed by atoms with Gasteiger partial charge < -0.3 is 0 Å². The summed E-state index contributed by atoms with van der Waals surface area (Å²) in [5, 5.41) is 11.2. The average Bonchev–Trinajstić information content (AvgIpc) is 2.81. The second kappa shape index (κ2) is 5.80. The van der Waals surface area contributed by atoms with Gasteiger partial charge in [0.2, 0.25) is 0 Å². The van der Waals surface area contributed by atoms with E-state index in [9.17, 15) is 0 Å². The average molecular weight is 231 g/mol. The van der Waals surface area contributed by atoms with E-state index in [1.807, 2.05) is 0 Å². The molecule has 0 radical (unpaired) electrons. The highest BCUT2D eigenvalue weighted by molar-refractivity contribution is 5.78. The van der Waals surface area contributed by atoms with Gasteiger partial charge in [0.05, 0.1) is 0 Å². The smallest absolute Gasteiger partial charge is 0.116 e. The molecule has 0 saturated carbocycles. The first-order chi connectivity index (χ1) is 8.35. The fourth-order valence-corrected chi connectivity index (χ4v) is 2.17. The topological polar surface area (TPSA) is 41.6 Å². The molecule has 0 saturated heterocycles. The highest BCUT2D eigenvalue weighted by Gasteiger charge is 2.07. The van der Waals surface area contributed by atoms with Gasteiger partial charge in [0.15, 0.2) is 0 Å². The summed E-state index contributed by atoms with van der Waals surface area (Å²) < 4.78 is 0. The third-order valence-electron chi connectivity index (χ3n) is 3.18. The van der Waals surface area contributed by atoms with Crippen LogP contribution in [0.4, 0.5) is 0 Å². The van der Waals surface area contributed by atoms with Gasteiger partial charge in [-0.3, -0.25) is 0 Å². The van der Waals surface area contributed by atoms with Crippen molar-refractivity contribution >= 4 is 11.0 Å². The van der Waals surface area contributed by atoms with Crippen molar-refractivity contribution in [3.8, 4) is 0 Å². The maximum absolute atomic E-state index is 4.26. The molecular weight excluding hydrogens is 210 g/mol. The largest absolute Gasteiger partial charge is 0.197 e. The van der Waals surface area contributed by atoms with Gasteiger partial charge in [0.1, 0.15) is 11.0 Å². The molecule has 92 valence electrons. The van der Waals surface area contributed by atoms with Crippen LogP contribution >= 0.6 is 0 Å². The van der Waals surface area contributed by atoms with Gasteiger partial charge in [-0.15, -0.1) is 0 Å². The van der Waals surface area contributed by atoms with Gasteiger partial charge in [-0.2, -0.15) is 15.4 Å². The first-order valence-corrected chi connectivity index (χ1v) is 6.67. The molecule has 1 heterocycles. The zero-order valence-corrected chi connectivity index (χ0v) is 10.8. The molecule has 0 amide bonds. The number of hydrogen-bond donors (Lipinski definition) is 1. The monoisotopic (exact) mass is 231 g/mol. The fraction of sp³-hybridized carbons (Fsp3) is 0.571. The molecule has 0 fully saturated rings. The van der Waals surface area contributed by atoms with Crippen molar-refractivity contribution < 1.29 is 0 Å². The molecule has 0 aliphatic rings. The summed E-state index contributed by atoms with van der Waals surface area (Å²) in [7, 11) is 0. The Hall–Kier alpha value is -1.38. The molecule has 1 aromatic heterocycles. The first kappa shape index (κ1) is 12.1. The van der Waals surface area contributed by atoms with Crippen LogP contribution in [0.1, 0.15) is 50.7 Å². The Labute approximate surface area is 103 Å². The molecule has 1 N–H and O–H groups in total. The van der Waals surface area contributed by atoms with E-state index in [0.717, 1.165) is 23.9 Å². The predicted molar refractivity (Wildman–Crippen MR) is 71.1 cm³/mol. The lowest BCUT2D eigenvalue weighted by atomic mass is 10.0. The van der Waals surface area contributed by atoms with E-state index in [4.69, 9.17) is 0 Å². The molecule has 17 heavy (non-hydrogen) atoms. The Kier molecular flexibility index (Phi) is 4.13. The maximum Gasteiger partial charge on any atom is 0.116 e. The molecule has 0 aliphatic carbocycles. The highest BCUT2D eigenvalue weighted by atomic mass is 15.3. The van der Waals surface area contributed by atoms with Crippen LogP contribution in [-0.2, 0) is 12.8 Å². The van der Waals surface area contributed by atoms with E-state index < -0.39 is 0 Å². The molecule has 3 nitrogen and oxygen atoms in total. The summed E-state index contributed by atoms with van der Waals surface area (Å²) in [6.07, 6.45) is 7.19. The molecule has 0 unspecified atom stereocenters. The number of aromatic nitrogens is 3. The van der Waals surface area contributed by atoms with Gasteiger partial charge in [-0.05, 0) is 42.9 Å². The number of benzene rings is 1. The Bertz CT molecular complexity index is 473. The first-order valence-electron chi connectivity index (χ1n) is 6.67. The molecule has 3 heteroatoms. The van der Waals surface area contributed by atoms with Crippen molar-refractivity contribution in [3.05, 3.63) is 23.3 Å². The number of rotatable bonds is 6. The zero-order chi connectivity index (χ0) is 12.1. The van der Waals surface area contributed by atoms with Crippen LogP contribution in [0.3, 0.4) is 0 Å². The Balaban J connectivity index is 2.29. The van der Waals surface area contributed by atoms with Crippen LogP contribution in [0, 0.1) is 0 Å². The minimum absolute atomic E-state index is 1.02. The summed E-state index contributed by atoms with van der Waals surface area (Å²) >= 11 is 0. The quantitative estimate of drug-likeness (QED) is 0.824. The van der Waals surface area contributed by atoms with Gasteiger partial charge >= 0.3 is 0 Å². The molecule has 0 atom stereocenters. The molecule has 0 bridgehead atoms. The standard InChI is InChI=1S/C14H21N3/c1-3-5-7-11-9-12(8-6-4-2)14-13(10-11)15-17-16-14/h9-10H,3-8H2,1-2H3,(H,15,16,17). The SMILES string of the molecule is CCCCc1cc(CCCC)c2n[nH]nc2c1. The van der Waals surface area contributed by atoms with Crippen LogP contribution < -0.4 is 0 Å². The number of H-pyrrole nitrogens is 1. The van der Waals surface area contributed by atoms with Crippen molar-refractivity contribution in [1.82, 2.24) is 15.4 Å². The summed E-state index contributed by atoms with van der Waals surface area (Å²) in [6, 6.07) is 4.49. The number of hydrogen-bond acceptors (Lipinski definition) is 2. The molecule has 2 aromatic rings. The number of aryl methyl sites for hydroxylation is 2.